The maximum atomic E-state index is 11.6. The van der Waals surface area contributed by atoms with Crippen LogP contribution >= 0.6 is 0 Å². The quantitative estimate of drug-likeness (QED) is 0.608. The van der Waals surface area contributed by atoms with E-state index in [1.54, 1.807) is 0 Å². The standard InChI is InChI=1S/C10H19NO3/c1-4-11(5-2)6-10(7-14-8-10)9(12)13-3/h4-8H2,1-3H3. The molecule has 1 rings (SSSR count). The summed E-state index contributed by atoms with van der Waals surface area (Å²) in [4.78, 5) is 13.8. The molecular formula is C10H19NO3. The van der Waals surface area contributed by atoms with E-state index >= 15 is 0 Å². The third-order valence-electron chi connectivity index (χ3n) is 2.80. The summed E-state index contributed by atoms with van der Waals surface area (Å²) in [6.45, 7) is 7.82. The Bertz CT molecular complexity index is 198. The highest BCUT2D eigenvalue weighted by molar-refractivity contribution is 5.78. The third-order valence-corrected chi connectivity index (χ3v) is 2.80. The van der Waals surface area contributed by atoms with Crippen molar-refractivity contribution in [1.82, 2.24) is 4.90 Å². The molecule has 0 saturated carbocycles. The molecule has 0 aromatic carbocycles. The fourth-order valence-corrected chi connectivity index (χ4v) is 1.71. The lowest BCUT2D eigenvalue weighted by molar-refractivity contribution is -0.186. The lowest BCUT2D eigenvalue weighted by Crippen LogP contribution is -2.56. The largest absolute Gasteiger partial charge is 0.468 e. The Labute approximate surface area is 85.2 Å². The molecule has 0 N–H and O–H groups in total. The van der Waals surface area contributed by atoms with Gasteiger partial charge >= 0.3 is 5.97 Å². The first kappa shape index (κ1) is 11.5. The lowest BCUT2D eigenvalue weighted by atomic mass is 9.85. The average molecular weight is 201 g/mol. The van der Waals surface area contributed by atoms with E-state index < -0.39 is 5.41 Å². The molecule has 0 unspecified atom stereocenters. The summed E-state index contributed by atoms with van der Waals surface area (Å²) in [5.41, 5.74) is -0.402. The van der Waals surface area contributed by atoms with Crippen LogP contribution in [0.4, 0.5) is 0 Å². The Morgan fingerprint density at radius 2 is 2.00 bits per heavy atom. The molecule has 4 heteroatoms. The number of carbonyl (C=O) groups is 1. The molecule has 4 nitrogen and oxygen atoms in total. The van der Waals surface area contributed by atoms with Crippen molar-refractivity contribution in [2.45, 2.75) is 13.8 Å². The zero-order chi connectivity index (χ0) is 10.6. The second-order valence-corrected chi connectivity index (χ2v) is 3.73. The molecule has 1 saturated heterocycles. The monoisotopic (exact) mass is 201 g/mol. The van der Waals surface area contributed by atoms with E-state index in [0.29, 0.717) is 13.2 Å². The van der Waals surface area contributed by atoms with Crippen LogP contribution in [-0.4, -0.2) is 50.8 Å². The van der Waals surface area contributed by atoms with Gasteiger partial charge in [0, 0.05) is 6.54 Å². The minimum Gasteiger partial charge on any atom is -0.468 e. The first-order valence-corrected chi connectivity index (χ1v) is 5.07. The predicted molar refractivity (Wildman–Crippen MR) is 53.1 cm³/mol. The van der Waals surface area contributed by atoms with Crippen molar-refractivity contribution in [3.63, 3.8) is 0 Å². The van der Waals surface area contributed by atoms with Crippen LogP contribution < -0.4 is 0 Å². The zero-order valence-electron chi connectivity index (χ0n) is 9.21. The normalized spacial score (nSPS) is 19.1. The van der Waals surface area contributed by atoms with Crippen LogP contribution in [-0.2, 0) is 14.3 Å². The Hall–Kier alpha value is -0.610. The molecule has 0 aromatic rings. The second kappa shape index (κ2) is 4.75. The smallest absolute Gasteiger partial charge is 0.317 e. The van der Waals surface area contributed by atoms with Crippen molar-refractivity contribution in [3.05, 3.63) is 0 Å². The molecule has 0 aromatic heterocycles. The van der Waals surface area contributed by atoms with Gasteiger partial charge in [0.1, 0.15) is 5.41 Å². The zero-order valence-corrected chi connectivity index (χ0v) is 9.21. The number of esters is 1. The minimum absolute atomic E-state index is 0.143. The molecule has 1 aliphatic rings. The number of nitrogens with zero attached hydrogens (tertiary/aromatic N) is 1. The Morgan fingerprint density at radius 3 is 2.29 bits per heavy atom. The van der Waals surface area contributed by atoms with Gasteiger partial charge in [-0.25, -0.2) is 0 Å². The molecular weight excluding hydrogens is 182 g/mol. The van der Waals surface area contributed by atoms with Crippen LogP contribution in [0.5, 0.6) is 0 Å². The lowest BCUT2D eigenvalue weighted by Gasteiger charge is -2.41. The first-order valence-electron chi connectivity index (χ1n) is 5.07. The van der Waals surface area contributed by atoms with Gasteiger partial charge in [-0.15, -0.1) is 0 Å². The van der Waals surface area contributed by atoms with Gasteiger partial charge < -0.3 is 14.4 Å². The Kier molecular flexibility index (Phi) is 3.89. The molecule has 1 fully saturated rings. The molecule has 0 amide bonds. The highest BCUT2D eigenvalue weighted by Gasteiger charge is 2.47. The number of rotatable bonds is 5. The van der Waals surface area contributed by atoms with Crippen molar-refractivity contribution in [2.24, 2.45) is 5.41 Å². The minimum atomic E-state index is -0.402. The second-order valence-electron chi connectivity index (χ2n) is 3.73. The van der Waals surface area contributed by atoms with E-state index in [1.807, 2.05) is 0 Å². The van der Waals surface area contributed by atoms with E-state index in [2.05, 4.69) is 18.7 Å². The van der Waals surface area contributed by atoms with Gasteiger partial charge in [-0.05, 0) is 13.1 Å². The molecule has 1 heterocycles. The summed E-state index contributed by atoms with van der Waals surface area (Å²) in [7, 11) is 1.44. The molecule has 1 aliphatic heterocycles. The van der Waals surface area contributed by atoms with Gasteiger partial charge in [0.2, 0.25) is 0 Å². The van der Waals surface area contributed by atoms with Crippen LogP contribution in [0.3, 0.4) is 0 Å². The topological polar surface area (TPSA) is 38.8 Å². The van der Waals surface area contributed by atoms with E-state index in [0.717, 1.165) is 19.6 Å². The molecule has 0 aliphatic carbocycles. The predicted octanol–water partition coefficient (Wildman–Crippen LogP) is 0.518. The van der Waals surface area contributed by atoms with Gasteiger partial charge in [0.15, 0.2) is 0 Å². The Morgan fingerprint density at radius 1 is 1.43 bits per heavy atom. The maximum Gasteiger partial charge on any atom is 0.317 e. The van der Waals surface area contributed by atoms with Gasteiger partial charge in [0.25, 0.3) is 0 Å². The first-order chi connectivity index (χ1) is 6.68. The summed E-state index contributed by atoms with van der Waals surface area (Å²) in [5, 5.41) is 0. The van der Waals surface area contributed by atoms with Gasteiger partial charge in [0.05, 0.1) is 20.3 Å². The summed E-state index contributed by atoms with van der Waals surface area (Å²) in [6.07, 6.45) is 0. The summed E-state index contributed by atoms with van der Waals surface area (Å²) in [6, 6.07) is 0. The van der Waals surface area contributed by atoms with Crippen molar-refractivity contribution in [3.8, 4) is 0 Å². The van der Waals surface area contributed by atoms with Crippen molar-refractivity contribution in [2.75, 3.05) is 40.0 Å². The molecule has 0 bridgehead atoms. The molecule has 0 spiro atoms. The molecule has 0 atom stereocenters. The number of hydrogen-bond donors (Lipinski definition) is 0. The molecule has 0 radical (unpaired) electrons. The third kappa shape index (κ3) is 2.07. The van der Waals surface area contributed by atoms with E-state index in [-0.39, 0.29) is 5.97 Å². The SMILES string of the molecule is CCN(CC)CC1(C(=O)OC)COC1. The fourth-order valence-electron chi connectivity index (χ4n) is 1.71. The van der Waals surface area contributed by atoms with E-state index in [1.165, 1.54) is 7.11 Å². The summed E-state index contributed by atoms with van der Waals surface area (Å²) in [5.74, 6) is -0.143. The van der Waals surface area contributed by atoms with Gasteiger partial charge in [-0.3, -0.25) is 4.79 Å². The van der Waals surface area contributed by atoms with Gasteiger partial charge in [-0.2, -0.15) is 0 Å². The van der Waals surface area contributed by atoms with Crippen molar-refractivity contribution < 1.29 is 14.3 Å². The summed E-state index contributed by atoms with van der Waals surface area (Å²) < 4.78 is 9.93. The summed E-state index contributed by atoms with van der Waals surface area (Å²) >= 11 is 0. The van der Waals surface area contributed by atoms with Crippen LogP contribution in [0, 0.1) is 5.41 Å². The average Bonchev–Trinajstić information content (AvgIpc) is 2.16. The maximum absolute atomic E-state index is 11.6. The van der Waals surface area contributed by atoms with Crippen LogP contribution in [0.1, 0.15) is 13.8 Å². The highest BCUT2D eigenvalue weighted by Crippen LogP contribution is 2.30. The number of methoxy groups -OCH3 is 1. The van der Waals surface area contributed by atoms with Gasteiger partial charge in [-0.1, -0.05) is 13.8 Å². The Balaban J connectivity index is 2.57. The highest BCUT2D eigenvalue weighted by atomic mass is 16.5. The van der Waals surface area contributed by atoms with Crippen molar-refractivity contribution in [1.29, 1.82) is 0 Å². The van der Waals surface area contributed by atoms with Crippen LogP contribution in [0.2, 0.25) is 0 Å². The van der Waals surface area contributed by atoms with E-state index in [9.17, 15) is 4.79 Å². The molecule has 82 valence electrons. The molecule has 14 heavy (non-hydrogen) atoms. The number of carbonyl (C=O) groups excluding carboxylic acids is 1. The van der Waals surface area contributed by atoms with E-state index in [4.69, 9.17) is 9.47 Å². The number of ether oxygens (including phenoxy) is 2. The fraction of sp³-hybridized carbons (Fsp3) is 0.900. The van der Waals surface area contributed by atoms with Crippen LogP contribution in [0.25, 0.3) is 0 Å². The van der Waals surface area contributed by atoms with Crippen LogP contribution in [0.15, 0.2) is 0 Å². The number of hydrogen-bond acceptors (Lipinski definition) is 4. The van der Waals surface area contributed by atoms with Crippen molar-refractivity contribution >= 4 is 5.97 Å².